The van der Waals surface area contributed by atoms with Crippen LogP contribution in [0.15, 0.2) is 29.5 Å². The van der Waals surface area contributed by atoms with E-state index in [0.29, 0.717) is 28.8 Å². The molecule has 0 amide bonds. The normalized spacial score (nSPS) is 19.1. The molecule has 0 aliphatic heterocycles. The lowest BCUT2D eigenvalue weighted by Gasteiger charge is -2.01. The van der Waals surface area contributed by atoms with Gasteiger partial charge in [0.2, 0.25) is 0 Å². The van der Waals surface area contributed by atoms with Crippen molar-refractivity contribution in [1.29, 1.82) is 0 Å². The molecular weight excluding hydrogens is 344 g/mol. The Labute approximate surface area is 154 Å². The summed E-state index contributed by atoms with van der Waals surface area (Å²) < 4.78 is 6.69. The van der Waals surface area contributed by atoms with Crippen LogP contribution in [0.3, 0.4) is 0 Å². The van der Waals surface area contributed by atoms with Crippen molar-refractivity contribution in [3.8, 4) is 11.4 Å². The van der Waals surface area contributed by atoms with Gasteiger partial charge in [0.25, 0.3) is 0 Å². The van der Waals surface area contributed by atoms with Gasteiger partial charge in [-0.3, -0.25) is 18.5 Å². The van der Waals surface area contributed by atoms with Crippen LogP contribution in [0.4, 0.5) is 0 Å². The van der Waals surface area contributed by atoms with Gasteiger partial charge in [0.05, 0.1) is 23.8 Å². The molecule has 0 saturated heterocycles. The monoisotopic (exact) mass is 364 g/mol. The Balaban J connectivity index is 1.51. The Hall–Kier alpha value is -3.23. The highest BCUT2D eigenvalue weighted by atomic mass is 16.1. The van der Waals surface area contributed by atoms with Gasteiger partial charge in [0, 0.05) is 40.3 Å². The molecule has 0 N–H and O–H groups in total. The summed E-state index contributed by atoms with van der Waals surface area (Å²) >= 11 is 0. The number of aromatic nitrogens is 8. The number of imidazole rings is 1. The van der Waals surface area contributed by atoms with E-state index in [9.17, 15) is 4.79 Å². The number of hydrogen-bond acceptors (Lipinski definition) is 5. The summed E-state index contributed by atoms with van der Waals surface area (Å²) in [4.78, 5) is 21.2. The summed E-state index contributed by atoms with van der Waals surface area (Å²) in [5, 5.41) is 8.97. The molecule has 2 atom stereocenters. The first-order valence-corrected chi connectivity index (χ1v) is 8.85. The van der Waals surface area contributed by atoms with E-state index < -0.39 is 0 Å². The van der Waals surface area contributed by atoms with Gasteiger partial charge in [-0.2, -0.15) is 10.2 Å². The quantitative estimate of drug-likeness (QED) is 0.543. The topological polar surface area (TPSA) is 88.4 Å². The number of aryl methyl sites for hydroxylation is 4. The Morgan fingerprint density at radius 3 is 2.56 bits per heavy atom. The maximum Gasteiger partial charge on any atom is 0.330 e. The zero-order valence-electron chi connectivity index (χ0n) is 15.7. The van der Waals surface area contributed by atoms with Crippen molar-refractivity contribution in [2.75, 3.05) is 0 Å². The van der Waals surface area contributed by atoms with E-state index >= 15 is 0 Å². The molecule has 9 nitrogen and oxygen atoms in total. The summed E-state index contributed by atoms with van der Waals surface area (Å²) in [6.45, 7) is 0. The Bertz CT molecular complexity index is 1240. The third kappa shape index (κ3) is 2.34. The second kappa shape index (κ2) is 5.38. The molecular formula is C18H20N8O. The second-order valence-electron chi connectivity index (χ2n) is 7.28. The maximum absolute atomic E-state index is 12.1. The minimum atomic E-state index is -0.134. The molecule has 0 aromatic carbocycles. The molecule has 5 rings (SSSR count). The highest BCUT2D eigenvalue weighted by molar-refractivity contribution is 5.70. The molecule has 9 heteroatoms. The van der Waals surface area contributed by atoms with Crippen molar-refractivity contribution in [3.05, 3.63) is 46.4 Å². The molecule has 1 aliphatic rings. The molecule has 4 aromatic rings. The van der Waals surface area contributed by atoms with Crippen LogP contribution in [-0.2, 0) is 28.2 Å². The van der Waals surface area contributed by atoms with E-state index in [1.165, 1.54) is 14.7 Å². The molecule has 138 valence electrons. The van der Waals surface area contributed by atoms with Gasteiger partial charge < -0.3 is 0 Å². The van der Waals surface area contributed by atoms with Crippen LogP contribution in [-0.4, -0.2) is 38.7 Å². The Kier molecular flexibility index (Phi) is 3.19. The maximum atomic E-state index is 12.1. The predicted octanol–water partition coefficient (Wildman–Crippen LogP) is 1.07. The van der Waals surface area contributed by atoms with Gasteiger partial charge in [-0.05, 0) is 24.0 Å². The number of nitrogens with zero attached hydrogens (tertiary/aromatic N) is 8. The molecule has 0 radical (unpaired) electrons. The first-order chi connectivity index (χ1) is 12.9. The fourth-order valence-corrected chi connectivity index (χ4v) is 3.80. The average molecular weight is 364 g/mol. The molecule has 4 aromatic heterocycles. The van der Waals surface area contributed by atoms with E-state index in [2.05, 4.69) is 27.3 Å². The molecule has 0 spiro atoms. The van der Waals surface area contributed by atoms with Crippen molar-refractivity contribution in [3.63, 3.8) is 0 Å². The van der Waals surface area contributed by atoms with E-state index in [-0.39, 0.29) is 5.69 Å². The minimum Gasteiger partial charge on any atom is -0.278 e. The lowest BCUT2D eigenvalue weighted by molar-refractivity contribution is 0.744. The zero-order chi connectivity index (χ0) is 18.9. The first-order valence-electron chi connectivity index (χ1n) is 8.85. The molecule has 27 heavy (non-hydrogen) atoms. The minimum absolute atomic E-state index is 0.134. The molecule has 4 heterocycles. The van der Waals surface area contributed by atoms with Gasteiger partial charge in [-0.25, -0.2) is 14.8 Å². The van der Waals surface area contributed by atoms with Crippen molar-refractivity contribution >= 4 is 11.3 Å². The van der Waals surface area contributed by atoms with E-state index in [4.69, 9.17) is 5.10 Å². The average Bonchev–Trinajstić information content (AvgIpc) is 3.11. The highest BCUT2D eigenvalue weighted by Gasteiger charge is 2.42. The SMILES string of the molecule is Cn1cc([C@H]2C[C@@H]2c2cc(-c3cnc4c(n3)n(C)c(=O)n4C)n(C)n2)cn1. The van der Waals surface area contributed by atoms with Crippen LogP contribution in [0.2, 0.25) is 0 Å². The van der Waals surface area contributed by atoms with Crippen molar-refractivity contribution < 1.29 is 0 Å². The largest absolute Gasteiger partial charge is 0.330 e. The lowest BCUT2D eigenvalue weighted by atomic mass is 10.1. The number of rotatable bonds is 3. The standard InChI is InChI=1S/C18H20N8O/c1-23-9-10(7-20-23)11-5-12(11)13-6-15(26(4)22-13)14-8-19-16-17(21-14)25(3)18(27)24(16)2/h6-9,11-12H,5H2,1-4H3/t11-,12+/m1/s1. The first kappa shape index (κ1) is 16.0. The number of fused-ring (bicyclic) bond motifs is 1. The van der Waals surface area contributed by atoms with Crippen molar-refractivity contribution in [2.24, 2.45) is 28.2 Å². The molecule has 1 fully saturated rings. The molecule has 0 unspecified atom stereocenters. The van der Waals surface area contributed by atoms with Crippen molar-refractivity contribution in [2.45, 2.75) is 18.3 Å². The highest BCUT2D eigenvalue weighted by Crippen LogP contribution is 2.54. The molecule has 1 aliphatic carbocycles. The fourth-order valence-electron chi connectivity index (χ4n) is 3.80. The Morgan fingerprint density at radius 2 is 1.81 bits per heavy atom. The van der Waals surface area contributed by atoms with Crippen LogP contribution < -0.4 is 5.69 Å². The van der Waals surface area contributed by atoms with Gasteiger partial charge in [0.15, 0.2) is 11.3 Å². The van der Waals surface area contributed by atoms with Gasteiger partial charge >= 0.3 is 5.69 Å². The van der Waals surface area contributed by atoms with Crippen LogP contribution in [0.25, 0.3) is 22.7 Å². The third-order valence-corrected chi connectivity index (χ3v) is 5.43. The van der Waals surface area contributed by atoms with Gasteiger partial charge in [-0.15, -0.1) is 0 Å². The number of hydrogen-bond donors (Lipinski definition) is 0. The lowest BCUT2D eigenvalue weighted by Crippen LogP contribution is -2.19. The molecule has 0 bridgehead atoms. The predicted molar refractivity (Wildman–Crippen MR) is 99.3 cm³/mol. The van der Waals surface area contributed by atoms with E-state index in [1.807, 2.05) is 29.7 Å². The summed E-state index contributed by atoms with van der Waals surface area (Å²) in [5.41, 5.74) is 4.94. The summed E-state index contributed by atoms with van der Waals surface area (Å²) in [6, 6.07) is 2.08. The summed E-state index contributed by atoms with van der Waals surface area (Å²) in [6.07, 6.45) is 6.79. The van der Waals surface area contributed by atoms with Crippen LogP contribution in [0.1, 0.15) is 29.5 Å². The smallest absolute Gasteiger partial charge is 0.278 e. The van der Waals surface area contributed by atoms with E-state index in [0.717, 1.165) is 17.8 Å². The van der Waals surface area contributed by atoms with Gasteiger partial charge in [0.1, 0.15) is 5.69 Å². The second-order valence-corrected chi connectivity index (χ2v) is 7.28. The van der Waals surface area contributed by atoms with Gasteiger partial charge in [-0.1, -0.05) is 0 Å². The van der Waals surface area contributed by atoms with Crippen LogP contribution in [0, 0.1) is 0 Å². The molecule has 1 saturated carbocycles. The van der Waals surface area contributed by atoms with Crippen LogP contribution >= 0.6 is 0 Å². The fraction of sp³-hybridized carbons (Fsp3) is 0.389. The third-order valence-electron chi connectivity index (χ3n) is 5.43. The van der Waals surface area contributed by atoms with Crippen molar-refractivity contribution in [1.82, 2.24) is 38.7 Å². The summed E-state index contributed by atoms with van der Waals surface area (Å²) in [5.74, 6) is 0.886. The van der Waals surface area contributed by atoms with Crippen LogP contribution in [0.5, 0.6) is 0 Å². The summed E-state index contributed by atoms with van der Waals surface area (Å²) in [7, 11) is 7.26. The van der Waals surface area contributed by atoms with E-state index in [1.54, 1.807) is 20.3 Å². The zero-order valence-corrected chi connectivity index (χ0v) is 15.7. The Morgan fingerprint density at radius 1 is 1.04 bits per heavy atom.